The van der Waals surface area contributed by atoms with E-state index >= 15 is 0 Å². The van der Waals surface area contributed by atoms with Gasteiger partial charge in [-0.3, -0.25) is 0 Å². The van der Waals surface area contributed by atoms with E-state index in [2.05, 4.69) is 6.07 Å². The molecule has 0 saturated carbocycles. The first kappa shape index (κ1) is 26.2. The van der Waals surface area contributed by atoms with E-state index in [4.69, 9.17) is 9.97 Å². The molecule has 0 unspecified atom stereocenters. The molecular weight excluding hydrogens is 545 g/mol. The Kier molecular flexibility index (Phi) is 6.25. The molecule has 0 aliphatic carbocycles. The second kappa shape index (κ2) is 10.3. The van der Waals surface area contributed by atoms with Crippen LogP contribution in [0.25, 0.3) is 61.4 Å². The monoisotopic (exact) mass is 566 g/mol. The number of halogens is 3. The van der Waals surface area contributed by atoms with Gasteiger partial charge >= 0.3 is 6.18 Å². The van der Waals surface area contributed by atoms with Gasteiger partial charge in [0.1, 0.15) is 0 Å². The second-order valence-electron chi connectivity index (χ2n) is 10.1. The fraction of sp³-hybridized carbons (Fsp3) is 0.0278. The normalized spacial score (nSPS) is 11.6. The van der Waals surface area contributed by atoms with Crippen molar-refractivity contribution in [3.63, 3.8) is 0 Å². The minimum atomic E-state index is -4.48. The summed E-state index contributed by atoms with van der Waals surface area (Å²) in [6.07, 6.45) is -4.48. The maximum atomic E-state index is 13.7. The number of nitrogens with zero attached hydrogens (tertiary/aromatic N) is 4. The maximum Gasteiger partial charge on any atom is 0.416 e. The molecule has 7 rings (SSSR count). The van der Waals surface area contributed by atoms with Crippen molar-refractivity contribution in [1.29, 1.82) is 5.26 Å². The molecule has 0 radical (unpaired) electrons. The number of nitriles is 1. The fourth-order valence-electron chi connectivity index (χ4n) is 5.47. The molecule has 0 N–H and O–H groups in total. The summed E-state index contributed by atoms with van der Waals surface area (Å²) < 4.78 is 43.1. The average molecular weight is 567 g/mol. The van der Waals surface area contributed by atoms with Gasteiger partial charge in [-0.15, -0.1) is 0 Å². The van der Waals surface area contributed by atoms with Crippen LogP contribution in [0.4, 0.5) is 13.2 Å². The molecule has 2 heterocycles. The number of benzene rings is 5. The minimum absolute atomic E-state index is 0.414. The van der Waals surface area contributed by atoms with E-state index in [0.717, 1.165) is 22.9 Å². The van der Waals surface area contributed by atoms with Crippen LogP contribution in [0.15, 0.2) is 127 Å². The van der Waals surface area contributed by atoms with Crippen molar-refractivity contribution in [2.75, 3.05) is 0 Å². The van der Waals surface area contributed by atoms with E-state index in [0.29, 0.717) is 50.1 Å². The third-order valence-electron chi connectivity index (χ3n) is 7.47. The zero-order chi connectivity index (χ0) is 29.6. The lowest BCUT2D eigenvalue weighted by molar-refractivity contribution is -0.137. The molecule has 5 aromatic carbocycles. The summed E-state index contributed by atoms with van der Waals surface area (Å²) in [5.74, 6) is 0.532. The van der Waals surface area contributed by atoms with Crippen molar-refractivity contribution in [1.82, 2.24) is 14.5 Å². The third-order valence-corrected chi connectivity index (χ3v) is 7.47. The van der Waals surface area contributed by atoms with Crippen molar-refractivity contribution < 1.29 is 13.2 Å². The standard InChI is InChI=1S/C36H21F3N4/c37-36(38,39)26-16-18-33-29(20-26)27-13-7-8-14-32(27)43(33)34-19-23(22-40)15-17-28(34)31-21-30(24-9-3-1-4-10-24)41-35(42-31)25-11-5-2-6-12-25/h1-21H. The highest BCUT2D eigenvalue weighted by atomic mass is 19.4. The van der Waals surface area contributed by atoms with Crippen molar-refractivity contribution in [3.8, 4) is 45.7 Å². The Bertz CT molecular complexity index is 2120. The van der Waals surface area contributed by atoms with Crippen molar-refractivity contribution >= 4 is 21.8 Å². The van der Waals surface area contributed by atoms with Gasteiger partial charge in [0.15, 0.2) is 5.82 Å². The number of hydrogen-bond donors (Lipinski definition) is 0. The molecule has 0 saturated heterocycles. The first-order chi connectivity index (χ1) is 20.9. The van der Waals surface area contributed by atoms with Crippen LogP contribution < -0.4 is 0 Å². The van der Waals surface area contributed by atoms with Crippen LogP contribution in [0.1, 0.15) is 11.1 Å². The van der Waals surface area contributed by atoms with Crippen LogP contribution in [-0.2, 0) is 6.18 Å². The van der Waals surface area contributed by atoms with Gasteiger partial charge in [0.05, 0.1) is 45.3 Å². The summed E-state index contributed by atoms with van der Waals surface area (Å²) >= 11 is 0. The van der Waals surface area contributed by atoms with Gasteiger partial charge in [0.25, 0.3) is 0 Å². The zero-order valence-electron chi connectivity index (χ0n) is 22.5. The highest BCUT2D eigenvalue weighted by Gasteiger charge is 2.31. The third kappa shape index (κ3) is 4.69. The average Bonchev–Trinajstić information content (AvgIpc) is 3.38. The largest absolute Gasteiger partial charge is 0.416 e. The molecule has 206 valence electrons. The van der Waals surface area contributed by atoms with E-state index in [1.807, 2.05) is 102 Å². The number of hydrogen-bond acceptors (Lipinski definition) is 3. The molecule has 4 nitrogen and oxygen atoms in total. The van der Waals surface area contributed by atoms with E-state index in [-0.39, 0.29) is 0 Å². The number of aromatic nitrogens is 3. The quantitative estimate of drug-likeness (QED) is 0.213. The number of alkyl halides is 3. The SMILES string of the molecule is N#Cc1ccc(-c2cc(-c3ccccc3)nc(-c3ccccc3)n2)c(-n2c3ccccc3c3cc(C(F)(F)F)ccc32)c1. The van der Waals surface area contributed by atoms with Crippen molar-refractivity contribution in [2.24, 2.45) is 0 Å². The summed E-state index contributed by atoms with van der Waals surface area (Å²) in [5, 5.41) is 11.0. The molecule has 43 heavy (non-hydrogen) atoms. The minimum Gasteiger partial charge on any atom is -0.309 e. The molecule has 0 aliphatic heterocycles. The summed E-state index contributed by atoms with van der Waals surface area (Å²) in [4.78, 5) is 9.86. The van der Waals surface area contributed by atoms with Gasteiger partial charge in [-0.1, -0.05) is 78.9 Å². The maximum absolute atomic E-state index is 13.7. The lowest BCUT2D eigenvalue weighted by atomic mass is 10.0. The van der Waals surface area contributed by atoms with Crippen molar-refractivity contribution in [3.05, 3.63) is 139 Å². The molecule has 0 fully saturated rings. The Labute approximate surface area is 245 Å². The topological polar surface area (TPSA) is 54.5 Å². The lowest BCUT2D eigenvalue weighted by Gasteiger charge is -2.16. The molecule has 0 atom stereocenters. The van der Waals surface area contributed by atoms with Gasteiger partial charge in [-0.25, -0.2) is 9.97 Å². The predicted octanol–water partition coefficient (Wildman–Crippen LogP) is 9.47. The Balaban J connectivity index is 1.54. The molecule has 2 aromatic heterocycles. The Morgan fingerprint density at radius 3 is 1.98 bits per heavy atom. The number of rotatable bonds is 4. The van der Waals surface area contributed by atoms with Gasteiger partial charge in [-0.05, 0) is 48.5 Å². The van der Waals surface area contributed by atoms with Crippen LogP contribution in [0.5, 0.6) is 0 Å². The summed E-state index contributed by atoms with van der Waals surface area (Å²) in [6, 6.07) is 40.0. The molecule has 0 amide bonds. The Morgan fingerprint density at radius 1 is 0.605 bits per heavy atom. The summed E-state index contributed by atoms with van der Waals surface area (Å²) in [7, 11) is 0. The molecule has 7 aromatic rings. The van der Waals surface area contributed by atoms with Gasteiger partial charge in [0, 0.05) is 27.5 Å². The Morgan fingerprint density at radius 2 is 1.26 bits per heavy atom. The zero-order valence-corrected chi connectivity index (χ0v) is 22.5. The second-order valence-corrected chi connectivity index (χ2v) is 10.1. The first-order valence-electron chi connectivity index (χ1n) is 13.6. The molecule has 0 spiro atoms. The van der Waals surface area contributed by atoms with Crippen LogP contribution in [0, 0.1) is 11.3 Å². The van der Waals surface area contributed by atoms with Crippen molar-refractivity contribution in [2.45, 2.75) is 6.18 Å². The van der Waals surface area contributed by atoms with Crippen LogP contribution in [0.3, 0.4) is 0 Å². The van der Waals surface area contributed by atoms with Gasteiger partial charge in [0.2, 0.25) is 0 Å². The smallest absolute Gasteiger partial charge is 0.309 e. The van der Waals surface area contributed by atoms with E-state index in [1.54, 1.807) is 12.1 Å². The summed E-state index contributed by atoms with van der Waals surface area (Å²) in [5.41, 5.74) is 5.42. The molecule has 0 bridgehead atoms. The fourth-order valence-corrected chi connectivity index (χ4v) is 5.47. The number of fused-ring (bicyclic) bond motifs is 3. The highest BCUT2D eigenvalue weighted by Crippen LogP contribution is 2.40. The first-order valence-corrected chi connectivity index (χ1v) is 13.6. The molecular formula is C36H21F3N4. The van der Waals surface area contributed by atoms with E-state index < -0.39 is 11.7 Å². The van der Waals surface area contributed by atoms with Crippen LogP contribution in [-0.4, -0.2) is 14.5 Å². The van der Waals surface area contributed by atoms with Crippen LogP contribution >= 0.6 is 0 Å². The van der Waals surface area contributed by atoms with E-state index in [9.17, 15) is 18.4 Å². The van der Waals surface area contributed by atoms with E-state index in [1.165, 1.54) is 12.1 Å². The molecule has 7 heteroatoms. The Hall–Kier alpha value is -5.74. The van der Waals surface area contributed by atoms with Gasteiger partial charge < -0.3 is 4.57 Å². The molecule has 0 aliphatic rings. The highest BCUT2D eigenvalue weighted by molar-refractivity contribution is 6.10. The predicted molar refractivity (Wildman–Crippen MR) is 162 cm³/mol. The van der Waals surface area contributed by atoms with Crippen LogP contribution in [0.2, 0.25) is 0 Å². The number of para-hydroxylation sites is 1. The summed E-state index contributed by atoms with van der Waals surface area (Å²) in [6.45, 7) is 0. The lowest BCUT2D eigenvalue weighted by Crippen LogP contribution is -2.04. The van der Waals surface area contributed by atoms with Gasteiger partial charge in [-0.2, -0.15) is 18.4 Å².